The Hall–Kier alpha value is -0.780. The summed E-state index contributed by atoms with van der Waals surface area (Å²) < 4.78 is 0. The lowest BCUT2D eigenvalue weighted by Crippen LogP contribution is -2.33. The molecule has 0 nitrogen and oxygen atoms in total. The third kappa shape index (κ3) is 1.58. The minimum Gasteiger partial charge on any atom is -0.0622 e. The lowest BCUT2D eigenvalue weighted by atomic mass is 9.64. The van der Waals surface area contributed by atoms with Crippen molar-refractivity contribution in [1.29, 1.82) is 0 Å². The topological polar surface area (TPSA) is 0 Å². The van der Waals surface area contributed by atoms with Gasteiger partial charge in [0, 0.05) is 0 Å². The van der Waals surface area contributed by atoms with Gasteiger partial charge < -0.3 is 0 Å². The van der Waals surface area contributed by atoms with Crippen molar-refractivity contribution in [3.05, 3.63) is 35.9 Å². The Morgan fingerprint density at radius 3 is 2.50 bits per heavy atom. The van der Waals surface area contributed by atoms with Gasteiger partial charge in [0.1, 0.15) is 0 Å². The highest BCUT2D eigenvalue weighted by molar-refractivity contribution is 5.25. The molecule has 0 N–H and O–H groups in total. The number of rotatable bonds is 1. The van der Waals surface area contributed by atoms with Gasteiger partial charge in [-0.2, -0.15) is 0 Å². The third-order valence-corrected chi connectivity index (χ3v) is 4.10. The van der Waals surface area contributed by atoms with E-state index in [0.29, 0.717) is 5.41 Å². The average Bonchev–Trinajstić information content (AvgIpc) is 2.24. The summed E-state index contributed by atoms with van der Waals surface area (Å²) >= 11 is 0. The molecule has 2 rings (SSSR count). The smallest absolute Gasteiger partial charge is 0.00497 e. The maximum atomic E-state index is 2.44. The molecule has 0 radical (unpaired) electrons. The normalized spacial score (nSPS) is 32.9. The monoisotopic (exact) mass is 188 g/mol. The highest BCUT2D eigenvalue weighted by Gasteiger charge is 2.34. The van der Waals surface area contributed by atoms with Crippen molar-refractivity contribution in [2.75, 3.05) is 0 Å². The molecule has 14 heavy (non-hydrogen) atoms. The second kappa shape index (κ2) is 3.76. The molecule has 0 amide bonds. The molecule has 0 aromatic heterocycles. The van der Waals surface area contributed by atoms with Gasteiger partial charge in [-0.15, -0.1) is 0 Å². The minimum absolute atomic E-state index is 0.430. The molecular formula is C14H20. The van der Waals surface area contributed by atoms with Crippen LogP contribution in [0.3, 0.4) is 0 Å². The van der Waals surface area contributed by atoms with Gasteiger partial charge in [0.05, 0.1) is 0 Å². The second-order valence-electron chi connectivity index (χ2n) is 4.93. The molecule has 1 aromatic rings. The number of benzene rings is 1. The van der Waals surface area contributed by atoms with Crippen LogP contribution in [0, 0.1) is 5.92 Å². The molecule has 0 unspecified atom stereocenters. The van der Waals surface area contributed by atoms with E-state index in [-0.39, 0.29) is 0 Å². The van der Waals surface area contributed by atoms with Gasteiger partial charge in [-0.3, -0.25) is 0 Å². The van der Waals surface area contributed by atoms with Gasteiger partial charge >= 0.3 is 0 Å². The predicted octanol–water partition coefficient (Wildman–Crippen LogP) is 4.15. The second-order valence-corrected chi connectivity index (χ2v) is 4.93. The number of hydrogen-bond donors (Lipinski definition) is 0. The van der Waals surface area contributed by atoms with Gasteiger partial charge in [0.25, 0.3) is 0 Å². The molecule has 76 valence electrons. The van der Waals surface area contributed by atoms with Crippen molar-refractivity contribution in [2.24, 2.45) is 5.92 Å². The van der Waals surface area contributed by atoms with Crippen LogP contribution in [-0.2, 0) is 5.41 Å². The van der Waals surface area contributed by atoms with Crippen LogP contribution in [0.15, 0.2) is 30.3 Å². The van der Waals surface area contributed by atoms with E-state index in [1.54, 1.807) is 0 Å². The predicted molar refractivity (Wildman–Crippen MR) is 61.4 cm³/mol. The zero-order valence-corrected chi connectivity index (χ0v) is 9.29. The van der Waals surface area contributed by atoms with Gasteiger partial charge in [0.15, 0.2) is 0 Å². The third-order valence-electron chi connectivity index (χ3n) is 4.10. The van der Waals surface area contributed by atoms with E-state index in [4.69, 9.17) is 0 Å². The molecule has 1 saturated carbocycles. The quantitative estimate of drug-likeness (QED) is 0.621. The summed E-state index contributed by atoms with van der Waals surface area (Å²) in [7, 11) is 0. The van der Waals surface area contributed by atoms with E-state index in [9.17, 15) is 0 Å². The molecule has 2 atom stereocenters. The summed E-state index contributed by atoms with van der Waals surface area (Å²) in [5, 5.41) is 0. The van der Waals surface area contributed by atoms with Crippen LogP contribution in [0.5, 0.6) is 0 Å². The lowest BCUT2D eigenvalue weighted by molar-refractivity contribution is 0.221. The van der Waals surface area contributed by atoms with E-state index in [1.807, 2.05) is 0 Å². The van der Waals surface area contributed by atoms with Crippen LogP contribution in [0.25, 0.3) is 0 Å². The first-order chi connectivity index (χ1) is 6.73. The summed E-state index contributed by atoms with van der Waals surface area (Å²) in [5.41, 5.74) is 1.96. The van der Waals surface area contributed by atoms with E-state index in [1.165, 1.54) is 31.2 Å². The van der Waals surface area contributed by atoms with Crippen molar-refractivity contribution in [1.82, 2.24) is 0 Å². The van der Waals surface area contributed by atoms with E-state index in [0.717, 1.165) is 5.92 Å². The highest BCUT2D eigenvalue weighted by Crippen LogP contribution is 2.42. The highest BCUT2D eigenvalue weighted by atomic mass is 14.4. The number of hydrogen-bond acceptors (Lipinski definition) is 0. The van der Waals surface area contributed by atoms with Crippen molar-refractivity contribution in [2.45, 2.75) is 44.9 Å². The molecule has 1 aliphatic carbocycles. The van der Waals surface area contributed by atoms with Crippen molar-refractivity contribution in [3.8, 4) is 0 Å². The van der Waals surface area contributed by atoms with E-state index >= 15 is 0 Å². The molecular weight excluding hydrogens is 168 g/mol. The summed E-state index contributed by atoms with van der Waals surface area (Å²) in [6.07, 6.45) is 5.57. The van der Waals surface area contributed by atoms with Gasteiger partial charge in [0.2, 0.25) is 0 Å². The molecule has 0 spiro atoms. The molecule has 1 aliphatic rings. The molecule has 0 heterocycles. The van der Waals surface area contributed by atoms with Gasteiger partial charge in [-0.25, -0.2) is 0 Å². The maximum Gasteiger partial charge on any atom is -0.00497 e. The Bertz CT molecular complexity index is 288. The Morgan fingerprint density at radius 1 is 1.14 bits per heavy atom. The molecule has 0 saturated heterocycles. The van der Waals surface area contributed by atoms with Crippen molar-refractivity contribution >= 4 is 0 Å². The fourth-order valence-corrected chi connectivity index (χ4v) is 2.76. The first kappa shape index (κ1) is 9.76. The summed E-state index contributed by atoms with van der Waals surface area (Å²) in [6, 6.07) is 11.0. The molecule has 0 heteroatoms. The van der Waals surface area contributed by atoms with Crippen LogP contribution < -0.4 is 0 Å². The summed E-state index contributed by atoms with van der Waals surface area (Å²) in [4.78, 5) is 0. The first-order valence-electron chi connectivity index (χ1n) is 5.79. The zero-order valence-electron chi connectivity index (χ0n) is 9.29. The average molecular weight is 188 g/mol. The molecule has 1 fully saturated rings. The van der Waals surface area contributed by atoms with Crippen molar-refractivity contribution < 1.29 is 0 Å². The van der Waals surface area contributed by atoms with Crippen molar-refractivity contribution in [3.63, 3.8) is 0 Å². The summed E-state index contributed by atoms with van der Waals surface area (Å²) in [6.45, 7) is 4.85. The fourth-order valence-electron chi connectivity index (χ4n) is 2.76. The fraction of sp³-hybridized carbons (Fsp3) is 0.571. The van der Waals surface area contributed by atoms with Crippen LogP contribution >= 0.6 is 0 Å². The molecule has 0 bridgehead atoms. The largest absolute Gasteiger partial charge is 0.0622 e. The van der Waals surface area contributed by atoms with Gasteiger partial charge in [-0.1, -0.05) is 57.0 Å². The standard InChI is InChI=1S/C14H20/c1-12-8-6-7-11-14(12,2)13-9-4-3-5-10-13/h3-5,9-10,12H,6-8,11H2,1-2H3/t12-,14+/m1/s1. The SMILES string of the molecule is C[C@@H]1CCCC[C@]1(C)c1ccccc1. The van der Waals surface area contributed by atoms with Gasteiger partial charge in [-0.05, 0) is 29.7 Å². The summed E-state index contributed by atoms with van der Waals surface area (Å²) in [5.74, 6) is 0.832. The Labute approximate surface area is 87.3 Å². The first-order valence-corrected chi connectivity index (χ1v) is 5.79. The molecule has 1 aromatic carbocycles. The van der Waals surface area contributed by atoms with Crippen LogP contribution in [0.4, 0.5) is 0 Å². The Balaban J connectivity index is 2.30. The lowest BCUT2D eigenvalue weighted by Gasteiger charge is -2.40. The van der Waals surface area contributed by atoms with Crippen LogP contribution in [-0.4, -0.2) is 0 Å². The van der Waals surface area contributed by atoms with Crippen LogP contribution in [0.2, 0.25) is 0 Å². The maximum absolute atomic E-state index is 2.44. The Kier molecular flexibility index (Phi) is 2.62. The molecule has 0 aliphatic heterocycles. The zero-order chi connectivity index (χ0) is 10.0. The minimum atomic E-state index is 0.430. The Morgan fingerprint density at radius 2 is 1.86 bits per heavy atom. The van der Waals surface area contributed by atoms with E-state index in [2.05, 4.69) is 44.2 Å². The van der Waals surface area contributed by atoms with Crippen LogP contribution in [0.1, 0.15) is 45.1 Å². The van der Waals surface area contributed by atoms with E-state index < -0.39 is 0 Å².